The fourth-order valence-electron chi connectivity index (χ4n) is 2.76. The third kappa shape index (κ3) is 3.23. The van der Waals surface area contributed by atoms with Crippen molar-refractivity contribution in [2.24, 2.45) is 0 Å². The molecule has 0 bridgehead atoms. The van der Waals surface area contributed by atoms with Crippen molar-refractivity contribution < 1.29 is 0 Å². The van der Waals surface area contributed by atoms with Crippen molar-refractivity contribution in [3.8, 4) is 17.3 Å². The average molecular weight is 340 g/mol. The normalized spacial score (nSPS) is 10.6. The predicted molar refractivity (Wildman–Crippen MR) is 99.6 cm³/mol. The van der Waals surface area contributed by atoms with Gasteiger partial charge in [0, 0.05) is 24.5 Å². The van der Waals surface area contributed by atoms with Crippen molar-refractivity contribution in [2.75, 3.05) is 11.9 Å². The van der Waals surface area contributed by atoms with Crippen LogP contribution in [-0.2, 0) is 6.42 Å². The Kier molecular flexibility index (Phi) is 4.27. The summed E-state index contributed by atoms with van der Waals surface area (Å²) in [6.07, 6.45) is 6.32. The summed E-state index contributed by atoms with van der Waals surface area (Å²) < 4.78 is 1.81. The van der Waals surface area contributed by atoms with E-state index in [2.05, 4.69) is 32.5 Å². The molecule has 3 aromatic heterocycles. The lowest BCUT2D eigenvalue weighted by atomic mass is 10.1. The van der Waals surface area contributed by atoms with Crippen LogP contribution in [0.2, 0.25) is 0 Å². The van der Waals surface area contributed by atoms with Crippen LogP contribution in [0.3, 0.4) is 0 Å². The average Bonchev–Trinajstić information content (AvgIpc) is 3.12. The highest BCUT2D eigenvalue weighted by Gasteiger charge is 2.08. The summed E-state index contributed by atoms with van der Waals surface area (Å²) in [6.45, 7) is 0.769. The molecule has 26 heavy (non-hydrogen) atoms. The van der Waals surface area contributed by atoms with E-state index < -0.39 is 0 Å². The van der Waals surface area contributed by atoms with Gasteiger partial charge in [-0.15, -0.1) is 5.10 Å². The van der Waals surface area contributed by atoms with Crippen molar-refractivity contribution in [1.29, 1.82) is 5.26 Å². The Balaban J connectivity index is 1.55. The van der Waals surface area contributed by atoms with Gasteiger partial charge in [0.05, 0.1) is 23.5 Å². The lowest BCUT2D eigenvalue weighted by Gasteiger charge is -2.07. The number of anilines is 1. The van der Waals surface area contributed by atoms with Crippen LogP contribution in [0.5, 0.6) is 0 Å². The number of aromatic nitrogens is 4. The number of rotatable bonds is 5. The van der Waals surface area contributed by atoms with Gasteiger partial charge >= 0.3 is 0 Å². The van der Waals surface area contributed by atoms with Gasteiger partial charge in [-0.3, -0.25) is 4.98 Å². The standard InChI is InChI=1S/C20H16N6/c21-12-15-3-5-17(6-4-15)18-14-24-20-8-7-19(25-26(18)20)23-11-9-16-2-1-10-22-13-16/h1-8,10,13-14H,9,11H2,(H,23,25). The van der Waals surface area contributed by atoms with E-state index in [1.54, 1.807) is 24.5 Å². The lowest BCUT2D eigenvalue weighted by Crippen LogP contribution is -2.08. The summed E-state index contributed by atoms with van der Waals surface area (Å²) in [5.41, 5.74) is 4.45. The summed E-state index contributed by atoms with van der Waals surface area (Å²) in [7, 11) is 0. The van der Waals surface area contributed by atoms with E-state index in [-0.39, 0.29) is 0 Å². The second-order valence-corrected chi connectivity index (χ2v) is 5.86. The van der Waals surface area contributed by atoms with Gasteiger partial charge in [-0.25, -0.2) is 9.50 Å². The fraction of sp³-hybridized carbons (Fsp3) is 0.100. The van der Waals surface area contributed by atoms with Crippen LogP contribution in [0.25, 0.3) is 16.9 Å². The smallest absolute Gasteiger partial charge is 0.154 e. The minimum absolute atomic E-state index is 0.633. The molecule has 0 fully saturated rings. The van der Waals surface area contributed by atoms with Gasteiger partial charge in [-0.05, 0) is 42.3 Å². The van der Waals surface area contributed by atoms with E-state index in [9.17, 15) is 0 Å². The first kappa shape index (κ1) is 15.8. The molecule has 6 nitrogen and oxygen atoms in total. The highest BCUT2D eigenvalue weighted by atomic mass is 15.3. The molecule has 126 valence electrons. The maximum absolute atomic E-state index is 8.94. The molecule has 0 saturated carbocycles. The van der Waals surface area contributed by atoms with Gasteiger partial charge in [0.2, 0.25) is 0 Å². The minimum atomic E-state index is 0.633. The zero-order chi connectivity index (χ0) is 17.8. The second-order valence-electron chi connectivity index (χ2n) is 5.86. The highest BCUT2D eigenvalue weighted by Crippen LogP contribution is 2.21. The Morgan fingerprint density at radius 1 is 1.04 bits per heavy atom. The molecule has 0 radical (unpaired) electrons. The number of nitrogens with one attached hydrogen (secondary N) is 1. The zero-order valence-electron chi connectivity index (χ0n) is 14.0. The topological polar surface area (TPSA) is 78.9 Å². The van der Waals surface area contributed by atoms with Crippen LogP contribution < -0.4 is 5.32 Å². The van der Waals surface area contributed by atoms with E-state index in [1.807, 2.05) is 41.0 Å². The van der Waals surface area contributed by atoms with Crippen LogP contribution in [0.15, 0.2) is 67.1 Å². The monoisotopic (exact) mass is 340 g/mol. The quantitative estimate of drug-likeness (QED) is 0.603. The van der Waals surface area contributed by atoms with Crippen LogP contribution >= 0.6 is 0 Å². The Morgan fingerprint density at radius 3 is 2.69 bits per heavy atom. The van der Waals surface area contributed by atoms with Crippen molar-refractivity contribution in [3.05, 3.63) is 78.2 Å². The van der Waals surface area contributed by atoms with Crippen molar-refractivity contribution in [1.82, 2.24) is 19.6 Å². The minimum Gasteiger partial charge on any atom is -0.368 e. The Hall–Kier alpha value is -3.72. The molecule has 0 amide bonds. The fourth-order valence-corrected chi connectivity index (χ4v) is 2.76. The Morgan fingerprint density at radius 2 is 1.92 bits per heavy atom. The number of hydrogen-bond acceptors (Lipinski definition) is 5. The molecule has 0 atom stereocenters. The number of imidazole rings is 1. The molecule has 0 aliphatic carbocycles. The summed E-state index contributed by atoms with van der Waals surface area (Å²) in [5, 5.41) is 16.9. The number of pyridine rings is 1. The van der Waals surface area contributed by atoms with Crippen LogP contribution in [-0.4, -0.2) is 26.1 Å². The molecule has 6 heteroatoms. The summed E-state index contributed by atoms with van der Waals surface area (Å²) in [6, 6.07) is 17.4. The van der Waals surface area contributed by atoms with Crippen LogP contribution in [0.1, 0.15) is 11.1 Å². The molecule has 0 aliphatic rings. The van der Waals surface area contributed by atoms with Crippen LogP contribution in [0, 0.1) is 11.3 Å². The lowest BCUT2D eigenvalue weighted by molar-refractivity contribution is 0.918. The first-order valence-corrected chi connectivity index (χ1v) is 8.31. The Labute approximate surface area is 150 Å². The van der Waals surface area contributed by atoms with E-state index in [0.29, 0.717) is 5.56 Å². The molecule has 0 saturated heterocycles. The Bertz CT molecular complexity index is 1060. The van der Waals surface area contributed by atoms with Gasteiger partial charge < -0.3 is 5.32 Å². The first-order chi connectivity index (χ1) is 12.8. The summed E-state index contributed by atoms with van der Waals surface area (Å²) >= 11 is 0. The molecule has 4 rings (SSSR count). The van der Waals surface area contributed by atoms with Gasteiger partial charge in [-0.1, -0.05) is 18.2 Å². The predicted octanol–water partition coefficient (Wildman–Crippen LogP) is 3.32. The summed E-state index contributed by atoms with van der Waals surface area (Å²) in [4.78, 5) is 8.53. The molecule has 0 aliphatic heterocycles. The number of benzene rings is 1. The zero-order valence-corrected chi connectivity index (χ0v) is 14.0. The van der Waals surface area contributed by atoms with Gasteiger partial charge in [0.1, 0.15) is 5.82 Å². The molecule has 4 aromatic rings. The third-order valence-corrected chi connectivity index (χ3v) is 4.11. The molecule has 1 N–H and O–H groups in total. The van der Waals surface area contributed by atoms with Crippen molar-refractivity contribution in [3.63, 3.8) is 0 Å². The van der Waals surface area contributed by atoms with E-state index in [1.165, 1.54) is 5.56 Å². The molecular formula is C20H16N6. The SMILES string of the molecule is N#Cc1ccc(-c2cnc3ccc(NCCc4cccnc4)nn23)cc1. The maximum Gasteiger partial charge on any atom is 0.154 e. The number of hydrogen-bond donors (Lipinski definition) is 1. The second kappa shape index (κ2) is 7.03. The maximum atomic E-state index is 8.94. The van der Waals surface area contributed by atoms with E-state index in [4.69, 9.17) is 5.26 Å². The largest absolute Gasteiger partial charge is 0.368 e. The van der Waals surface area contributed by atoms with Crippen molar-refractivity contribution >= 4 is 11.5 Å². The molecule has 0 spiro atoms. The highest BCUT2D eigenvalue weighted by molar-refractivity contribution is 5.64. The first-order valence-electron chi connectivity index (χ1n) is 8.31. The van der Waals surface area contributed by atoms with E-state index in [0.717, 1.165) is 35.7 Å². The number of nitrogens with zero attached hydrogens (tertiary/aromatic N) is 5. The molecular weight excluding hydrogens is 324 g/mol. The van der Waals surface area contributed by atoms with E-state index >= 15 is 0 Å². The molecule has 3 heterocycles. The molecule has 1 aromatic carbocycles. The number of nitriles is 1. The molecule has 0 unspecified atom stereocenters. The van der Waals surface area contributed by atoms with Gasteiger partial charge in [-0.2, -0.15) is 5.26 Å². The van der Waals surface area contributed by atoms with Crippen LogP contribution in [0.4, 0.5) is 5.82 Å². The van der Waals surface area contributed by atoms with Gasteiger partial charge in [0.15, 0.2) is 5.65 Å². The van der Waals surface area contributed by atoms with Crippen molar-refractivity contribution in [2.45, 2.75) is 6.42 Å². The summed E-state index contributed by atoms with van der Waals surface area (Å²) in [5.74, 6) is 0.786. The van der Waals surface area contributed by atoms with Gasteiger partial charge in [0.25, 0.3) is 0 Å². The third-order valence-electron chi connectivity index (χ3n) is 4.11. The number of fused-ring (bicyclic) bond motifs is 1.